The number of ether oxygens (including phenoxy) is 2. The molecule has 236 valence electrons. The molecule has 3 aromatic heterocycles. The van der Waals surface area contributed by atoms with Crippen molar-refractivity contribution < 1.29 is 46.2 Å². The SMILES string of the molecule is COC(=O)c1cccc(-n2cc(NC(=O)c3coc(-c4ccnc(N(CC(F)(F)F)C(=O)OC(C)(C)C)c4)n3)c(C(N)=O)n2)c1. The Kier molecular flexibility index (Phi) is 8.92. The first kappa shape index (κ1) is 32.2. The standard InChI is InChI=1S/C28H26F3N7O7/c1-27(2,3)45-26(42)37(14-28(29,30)31)20-11-15(8-9-33-20)24-35-19(13-44-24)23(40)34-18-12-38(36-21(18)22(32)39)17-7-5-6-16(10-17)25(41)43-4/h5-13H,14H2,1-4H3,(H2,32,39)(H,34,40). The monoisotopic (exact) mass is 629 g/mol. The average molecular weight is 630 g/mol. The minimum atomic E-state index is -4.77. The van der Waals surface area contributed by atoms with Gasteiger partial charge in [-0.3, -0.25) is 14.5 Å². The fourth-order valence-electron chi connectivity index (χ4n) is 3.80. The molecule has 4 rings (SSSR count). The zero-order chi connectivity index (χ0) is 33.1. The highest BCUT2D eigenvalue weighted by Crippen LogP contribution is 2.27. The van der Waals surface area contributed by atoms with Gasteiger partial charge in [-0.05, 0) is 51.1 Å². The van der Waals surface area contributed by atoms with Crippen LogP contribution in [0.15, 0.2) is 59.5 Å². The molecule has 0 atom stereocenters. The zero-order valence-corrected chi connectivity index (χ0v) is 24.2. The zero-order valence-electron chi connectivity index (χ0n) is 24.2. The second-order valence-corrected chi connectivity index (χ2v) is 10.3. The third kappa shape index (κ3) is 8.01. The predicted octanol–water partition coefficient (Wildman–Crippen LogP) is 4.36. The van der Waals surface area contributed by atoms with Crippen LogP contribution in [0.1, 0.15) is 52.1 Å². The van der Waals surface area contributed by atoms with Gasteiger partial charge in [-0.25, -0.2) is 24.2 Å². The van der Waals surface area contributed by atoms with Gasteiger partial charge in [0.2, 0.25) is 5.89 Å². The Hall–Kier alpha value is -5.74. The van der Waals surface area contributed by atoms with Crippen LogP contribution in [0.3, 0.4) is 0 Å². The Morgan fingerprint density at radius 1 is 1.11 bits per heavy atom. The summed E-state index contributed by atoms with van der Waals surface area (Å²) in [4.78, 5) is 57.8. The number of anilines is 2. The van der Waals surface area contributed by atoms with Crippen molar-refractivity contribution in [3.8, 4) is 17.1 Å². The Labute approximate surface area is 252 Å². The van der Waals surface area contributed by atoms with Crippen molar-refractivity contribution in [3.05, 3.63) is 72.0 Å². The number of carbonyl (C=O) groups is 4. The van der Waals surface area contributed by atoms with Gasteiger partial charge in [-0.2, -0.15) is 18.3 Å². The molecular formula is C28H26F3N7O7. The predicted molar refractivity (Wildman–Crippen MR) is 151 cm³/mol. The number of nitrogens with zero attached hydrogens (tertiary/aromatic N) is 5. The van der Waals surface area contributed by atoms with E-state index < -0.39 is 48.0 Å². The first-order chi connectivity index (χ1) is 21.0. The van der Waals surface area contributed by atoms with E-state index in [1.54, 1.807) is 12.1 Å². The fourth-order valence-corrected chi connectivity index (χ4v) is 3.80. The number of primary amides is 1. The number of alkyl halides is 3. The van der Waals surface area contributed by atoms with E-state index in [4.69, 9.17) is 19.6 Å². The van der Waals surface area contributed by atoms with Crippen LogP contribution in [-0.2, 0) is 9.47 Å². The van der Waals surface area contributed by atoms with Crippen LogP contribution in [0.5, 0.6) is 0 Å². The Balaban J connectivity index is 1.59. The van der Waals surface area contributed by atoms with Gasteiger partial charge in [-0.15, -0.1) is 0 Å². The number of pyridine rings is 1. The van der Waals surface area contributed by atoms with Crippen molar-refractivity contribution in [2.24, 2.45) is 5.73 Å². The van der Waals surface area contributed by atoms with Gasteiger partial charge in [0.15, 0.2) is 11.4 Å². The highest BCUT2D eigenvalue weighted by Gasteiger charge is 2.36. The molecule has 3 N–H and O–H groups in total. The molecular weight excluding hydrogens is 603 g/mol. The van der Waals surface area contributed by atoms with Crippen molar-refractivity contribution in [3.63, 3.8) is 0 Å². The first-order valence-corrected chi connectivity index (χ1v) is 12.9. The number of hydrogen-bond acceptors (Lipinski definition) is 10. The molecule has 3 amide bonds. The molecule has 0 radical (unpaired) electrons. The molecule has 0 saturated heterocycles. The molecule has 0 aliphatic carbocycles. The number of amides is 3. The number of nitrogens with one attached hydrogen (secondary N) is 1. The summed E-state index contributed by atoms with van der Waals surface area (Å²) >= 11 is 0. The third-order valence-corrected chi connectivity index (χ3v) is 5.68. The van der Waals surface area contributed by atoms with Crippen LogP contribution in [-0.4, -0.2) is 69.1 Å². The van der Waals surface area contributed by atoms with E-state index in [1.165, 1.54) is 57.0 Å². The maximum Gasteiger partial charge on any atom is 0.416 e. The molecule has 3 heterocycles. The van der Waals surface area contributed by atoms with Gasteiger partial charge in [0.1, 0.15) is 24.2 Å². The molecule has 0 saturated carbocycles. The van der Waals surface area contributed by atoms with Crippen LogP contribution >= 0.6 is 0 Å². The van der Waals surface area contributed by atoms with Crippen LogP contribution in [0, 0.1) is 0 Å². The number of nitrogens with two attached hydrogens (primary N) is 1. The minimum absolute atomic E-state index is 0.0888. The Morgan fingerprint density at radius 3 is 2.49 bits per heavy atom. The molecule has 0 aliphatic rings. The van der Waals surface area contributed by atoms with E-state index in [0.29, 0.717) is 10.6 Å². The van der Waals surface area contributed by atoms with Crippen molar-refractivity contribution in [2.75, 3.05) is 23.9 Å². The lowest BCUT2D eigenvalue weighted by molar-refractivity contribution is -0.119. The molecule has 0 spiro atoms. The smallest absolute Gasteiger partial charge is 0.416 e. The summed E-state index contributed by atoms with van der Waals surface area (Å²) in [7, 11) is 1.22. The number of aromatic nitrogens is 4. The maximum absolute atomic E-state index is 13.3. The topological polar surface area (TPSA) is 185 Å². The molecule has 1 aromatic carbocycles. The van der Waals surface area contributed by atoms with E-state index in [9.17, 15) is 32.3 Å². The van der Waals surface area contributed by atoms with Crippen LogP contribution < -0.4 is 16.0 Å². The van der Waals surface area contributed by atoms with Gasteiger partial charge in [0.05, 0.1) is 30.2 Å². The average Bonchev–Trinajstić information content (AvgIpc) is 3.63. The van der Waals surface area contributed by atoms with Crippen LogP contribution in [0.4, 0.5) is 29.5 Å². The van der Waals surface area contributed by atoms with Gasteiger partial charge in [-0.1, -0.05) is 6.07 Å². The third-order valence-electron chi connectivity index (χ3n) is 5.68. The summed E-state index contributed by atoms with van der Waals surface area (Å²) in [5.41, 5.74) is 4.33. The summed E-state index contributed by atoms with van der Waals surface area (Å²) in [5.74, 6) is -3.01. The minimum Gasteiger partial charge on any atom is -0.465 e. The van der Waals surface area contributed by atoms with Gasteiger partial charge >= 0.3 is 18.2 Å². The Bertz CT molecular complexity index is 1760. The number of rotatable bonds is 8. The molecule has 0 aliphatic heterocycles. The number of oxazole rings is 1. The highest BCUT2D eigenvalue weighted by molar-refractivity contribution is 6.07. The van der Waals surface area contributed by atoms with Gasteiger partial charge < -0.3 is 24.9 Å². The summed E-state index contributed by atoms with van der Waals surface area (Å²) in [6.45, 7) is 2.82. The van der Waals surface area contributed by atoms with E-state index in [1.807, 2.05) is 0 Å². The Morgan fingerprint density at radius 2 is 1.84 bits per heavy atom. The molecule has 4 aromatic rings. The maximum atomic E-state index is 13.3. The molecule has 0 fully saturated rings. The van der Waals surface area contributed by atoms with E-state index in [2.05, 4.69) is 20.4 Å². The fraction of sp³-hybridized carbons (Fsp3) is 0.250. The number of hydrogen-bond donors (Lipinski definition) is 2. The number of halogens is 3. The quantitative estimate of drug-likeness (QED) is 0.265. The van der Waals surface area contributed by atoms with Gasteiger partial charge in [0.25, 0.3) is 11.8 Å². The molecule has 45 heavy (non-hydrogen) atoms. The second kappa shape index (κ2) is 12.5. The largest absolute Gasteiger partial charge is 0.465 e. The molecule has 14 nitrogen and oxygen atoms in total. The normalized spacial score (nSPS) is 11.5. The van der Waals surface area contributed by atoms with Crippen LogP contribution in [0.2, 0.25) is 0 Å². The summed E-state index contributed by atoms with van der Waals surface area (Å²) in [6, 6.07) is 8.55. The first-order valence-electron chi connectivity index (χ1n) is 12.9. The molecule has 17 heteroatoms. The van der Waals surface area contributed by atoms with E-state index >= 15 is 0 Å². The summed E-state index contributed by atoms with van der Waals surface area (Å²) in [5, 5.41) is 6.56. The lowest BCUT2D eigenvalue weighted by atomic mass is 10.2. The van der Waals surface area contributed by atoms with Crippen molar-refractivity contribution >= 4 is 35.4 Å². The van der Waals surface area contributed by atoms with E-state index in [0.717, 1.165) is 18.5 Å². The molecule has 0 unspecified atom stereocenters. The van der Waals surface area contributed by atoms with Gasteiger partial charge in [0, 0.05) is 11.8 Å². The van der Waals surface area contributed by atoms with E-state index in [-0.39, 0.29) is 34.1 Å². The second-order valence-electron chi connectivity index (χ2n) is 10.3. The number of methoxy groups -OCH3 is 1. The highest BCUT2D eigenvalue weighted by atomic mass is 19.4. The lowest BCUT2D eigenvalue weighted by Gasteiger charge is -2.27. The summed E-state index contributed by atoms with van der Waals surface area (Å²) < 4.78 is 56.3. The molecule has 0 bridgehead atoms. The van der Waals surface area contributed by atoms with Crippen molar-refractivity contribution in [1.82, 2.24) is 19.7 Å². The lowest BCUT2D eigenvalue weighted by Crippen LogP contribution is -2.42. The summed E-state index contributed by atoms with van der Waals surface area (Å²) in [6.07, 6.45) is -2.66. The number of benzene rings is 1. The van der Waals surface area contributed by atoms with Crippen molar-refractivity contribution in [1.29, 1.82) is 0 Å². The number of esters is 1. The number of carbonyl (C=O) groups excluding carboxylic acids is 4. The van der Waals surface area contributed by atoms with Crippen LogP contribution in [0.25, 0.3) is 17.1 Å². The van der Waals surface area contributed by atoms with Crippen molar-refractivity contribution in [2.45, 2.75) is 32.5 Å².